The van der Waals surface area contributed by atoms with Gasteiger partial charge in [-0.2, -0.15) is 39.5 Å². The SMILES string of the molecule is O=C(NCCc1c[nH]cn1)C1=Cc2c(ncnc2Nc2ccc(Oc3cccc(C(F)(F)F)c3)c(Cl)c2)NCC1.O=C(O)C(F)(F)F.O=C(O)C(F)(F)F. The van der Waals surface area contributed by atoms with Crippen LogP contribution < -0.4 is 20.7 Å². The van der Waals surface area contributed by atoms with Gasteiger partial charge in [0.25, 0.3) is 0 Å². The van der Waals surface area contributed by atoms with E-state index in [-0.39, 0.29) is 22.4 Å². The molecule has 0 radical (unpaired) electrons. The zero-order valence-electron chi connectivity index (χ0n) is 26.8. The summed E-state index contributed by atoms with van der Waals surface area (Å²) in [6, 6.07) is 9.30. The number of imidazole rings is 1. The third-order valence-corrected chi connectivity index (χ3v) is 6.77. The summed E-state index contributed by atoms with van der Waals surface area (Å²) in [5.41, 5.74) is 1.74. The summed E-state index contributed by atoms with van der Waals surface area (Å²) in [6.07, 6.45) is -7.07. The van der Waals surface area contributed by atoms with E-state index in [0.717, 1.165) is 17.8 Å². The molecule has 0 saturated heterocycles. The number of H-pyrrole nitrogens is 1. The Balaban J connectivity index is 0.000000476. The van der Waals surface area contributed by atoms with Gasteiger partial charge >= 0.3 is 30.5 Å². The summed E-state index contributed by atoms with van der Waals surface area (Å²) < 4.78 is 108. The second-order valence-corrected chi connectivity index (χ2v) is 10.8. The van der Waals surface area contributed by atoms with Gasteiger partial charge in [0.1, 0.15) is 29.5 Å². The number of carboxylic acids is 2. The number of rotatable bonds is 8. The van der Waals surface area contributed by atoms with Crippen LogP contribution in [0.5, 0.6) is 11.5 Å². The summed E-state index contributed by atoms with van der Waals surface area (Å²) in [7, 11) is 0. The van der Waals surface area contributed by atoms with E-state index in [2.05, 4.69) is 35.9 Å². The maximum atomic E-state index is 13.0. The number of nitrogens with one attached hydrogen (secondary N) is 4. The molecule has 1 aliphatic heterocycles. The van der Waals surface area contributed by atoms with Crippen molar-refractivity contribution in [3.63, 3.8) is 0 Å². The number of carbonyl (C=O) groups excluding carboxylic acids is 1. The van der Waals surface area contributed by atoms with Crippen LogP contribution in [0.25, 0.3) is 6.08 Å². The lowest BCUT2D eigenvalue weighted by molar-refractivity contribution is -0.193. The number of carboxylic acid groups (broad SMARTS) is 2. The van der Waals surface area contributed by atoms with Crippen LogP contribution in [0.15, 0.2) is 66.9 Å². The van der Waals surface area contributed by atoms with Crippen LogP contribution in [0.4, 0.5) is 56.8 Å². The molecule has 0 atom stereocenters. The highest BCUT2D eigenvalue weighted by atomic mass is 35.5. The highest BCUT2D eigenvalue weighted by Crippen LogP contribution is 2.36. The van der Waals surface area contributed by atoms with Gasteiger partial charge in [-0.05, 0) is 48.9 Å². The highest BCUT2D eigenvalue weighted by molar-refractivity contribution is 6.32. The summed E-state index contributed by atoms with van der Waals surface area (Å²) in [5.74, 6) is -4.52. The van der Waals surface area contributed by atoms with E-state index >= 15 is 0 Å². The van der Waals surface area contributed by atoms with Crippen molar-refractivity contribution >= 4 is 52.8 Å². The molecule has 0 fully saturated rings. The Hall–Kier alpha value is -6.06. The van der Waals surface area contributed by atoms with Gasteiger partial charge < -0.3 is 35.9 Å². The first-order chi connectivity index (χ1) is 25.1. The average Bonchev–Trinajstić information content (AvgIpc) is 3.49. The molecule has 6 N–H and O–H groups in total. The van der Waals surface area contributed by atoms with Crippen LogP contribution in [0, 0.1) is 0 Å². The maximum Gasteiger partial charge on any atom is 0.490 e. The molecular formula is C31H25ClF9N7O6. The molecule has 4 aromatic rings. The predicted molar refractivity (Wildman–Crippen MR) is 172 cm³/mol. The highest BCUT2D eigenvalue weighted by Gasteiger charge is 2.39. The molecule has 0 spiro atoms. The van der Waals surface area contributed by atoms with E-state index in [9.17, 15) is 44.3 Å². The molecule has 3 heterocycles. The van der Waals surface area contributed by atoms with Crippen molar-refractivity contribution in [2.24, 2.45) is 0 Å². The van der Waals surface area contributed by atoms with Crippen molar-refractivity contribution in [3.8, 4) is 11.5 Å². The first kappa shape index (κ1) is 42.4. The van der Waals surface area contributed by atoms with Crippen LogP contribution in [0.2, 0.25) is 5.02 Å². The number of aliphatic carboxylic acids is 2. The third-order valence-electron chi connectivity index (χ3n) is 6.47. The molecule has 2 aromatic heterocycles. The Morgan fingerprint density at radius 3 is 2.15 bits per heavy atom. The molecule has 290 valence electrons. The van der Waals surface area contributed by atoms with Crippen molar-refractivity contribution in [1.29, 1.82) is 0 Å². The number of hydrogen-bond acceptors (Lipinski definition) is 9. The molecule has 5 rings (SSSR count). The molecule has 0 saturated carbocycles. The molecule has 13 nitrogen and oxygen atoms in total. The number of ether oxygens (including phenoxy) is 1. The van der Waals surface area contributed by atoms with Gasteiger partial charge in [-0.25, -0.2) is 24.5 Å². The van der Waals surface area contributed by atoms with Crippen LogP contribution in [0.1, 0.15) is 23.2 Å². The Morgan fingerprint density at radius 1 is 0.907 bits per heavy atom. The Bertz CT molecular complexity index is 1930. The van der Waals surface area contributed by atoms with Gasteiger partial charge in [-0.3, -0.25) is 4.79 Å². The topological polar surface area (TPSA) is 191 Å². The van der Waals surface area contributed by atoms with Crippen molar-refractivity contribution in [2.45, 2.75) is 31.4 Å². The minimum absolute atomic E-state index is 0.00457. The zero-order valence-corrected chi connectivity index (χ0v) is 27.6. The summed E-state index contributed by atoms with van der Waals surface area (Å²) in [6.45, 7) is 0.945. The van der Waals surface area contributed by atoms with Crippen molar-refractivity contribution in [1.82, 2.24) is 25.3 Å². The van der Waals surface area contributed by atoms with Crippen LogP contribution in [-0.4, -0.2) is 73.4 Å². The van der Waals surface area contributed by atoms with E-state index in [1.54, 1.807) is 30.7 Å². The second-order valence-electron chi connectivity index (χ2n) is 10.4. The number of benzene rings is 2. The summed E-state index contributed by atoms with van der Waals surface area (Å²) >= 11 is 6.39. The van der Waals surface area contributed by atoms with Crippen LogP contribution in [-0.2, 0) is 27.0 Å². The van der Waals surface area contributed by atoms with Gasteiger partial charge in [0, 0.05) is 37.0 Å². The number of alkyl halides is 9. The fourth-order valence-electron chi connectivity index (χ4n) is 4.02. The number of halogens is 10. The summed E-state index contributed by atoms with van der Waals surface area (Å²) in [5, 5.41) is 23.7. The molecule has 2 aromatic carbocycles. The van der Waals surface area contributed by atoms with Crippen molar-refractivity contribution in [2.75, 3.05) is 23.7 Å². The number of aromatic amines is 1. The lowest BCUT2D eigenvalue weighted by Gasteiger charge is -2.14. The van der Waals surface area contributed by atoms with Crippen LogP contribution >= 0.6 is 11.6 Å². The molecule has 1 amide bonds. The van der Waals surface area contributed by atoms with E-state index < -0.39 is 36.0 Å². The maximum absolute atomic E-state index is 13.0. The number of carbonyl (C=O) groups is 3. The summed E-state index contributed by atoms with van der Waals surface area (Å²) in [4.78, 5) is 46.3. The van der Waals surface area contributed by atoms with Crippen molar-refractivity contribution < 1.29 is 68.8 Å². The number of aromatic nitrogens is 4. The molecule has 0 unspecified atom stereocenters. The van der Waals surface area contributed by atoms with Gasteiger partial charge in [-0.15, -0.1) is 0 Å². The number of amides is 1. The quantitative estimate of drug-likeness (QED) is 0.0986. The van der Waals surface area contributed by atoms with Gasteiger partial charge in [0.2, 0.25) is 5.91 Å². The lowest BCUT2D eigenvalue weighted by atomic mass is 10.1. The number of hydrogen-bond donors (Lipinski definition) is 6. The number of anilines is 3. The number of nitrogens with zero attached hydrogens (tertiary/aromatic N) is 3. The smallest absolute Gasteiger partial charge is 0.475 e. The molecule has 0 bridgehead atoms. The molecule has 23 heteroatoms. The normalized spacial score (nSPS) is 12.5. The zero-order chi connectivity index (χ0) is 40.3. The van der Waals surface area contributed by atoms with Crippen LogP contribution in [0.3, 0.4) is 0 Å². The standard InChI is InChI=1S/C27H23ClF3N7O2.2C2HF3O2/c28-22-12-18(4-5-23(22)40-20-3-1-2-17(11-20)27(29,30)31)38-25-21-10-16(6-8-33-24(21)36-15-37-25)26(39)34-9-7-19-13-32-14-35-19;2*3-2(4,5)1(6)7/h1-5,10-15H,6-9H2,(H,32,35)(H,34,39)(H2,33,36,37,38);2*(H,6,7). The van der Waals surface area contributed by atoms with E-state index in [4.69, 9.17) is 36.1 Å². The first-order valence-corrected chi connectivity index (χ1v) is 15.1. The Labute approximate surface area is 302 Å². The minimum atomic E-state index is -5.08. The molecular weight excluding hydrogens is 773 g/mol. The van der Waals surface area contributed by atoms with E-state index in [0.29, 0.717) is 54.4 Å². The fraction of sp³-hybridized carbons (Fsp3) is 0.226. The largest absolute Gasteiger partial charge is 0.490 e. The minimum Gasteiger partial charge on any atom is -0.475 e. The van der Waals surface area contributed by atoms with Gasteiger partial charge in [-0.1, -0.05) is 17.7 Å². The first-order valence-electron chi connectivity index (χ1n) is 14.7. The van der Waals surface area contributed by atoms with E-state index in [1.807, 2.05) is 0 Å². The third kappa shape index (κ3) is 13.2. The average molecular weight is 798 g/mol. The Kier molecular flexibility index (Phi) is 14.2. The van der Waals surface area contributed by atoms with Crippen molar-refractivity contribution in [3.05, 3.63) is 88.7 Å². The second kappa shape index (κ2) is 18.1. The Morgan fingerprint density at radius 2 is 1.57 bits per heavy atom. The lowest BCUT2D eigenvalue weighted by Crippen LogP contribution is -2.27. The van der Waals surface area contributed by atoms with Gasteiger partial charge in [0.15, 0.2) is 0 Å². The number of fused-ring (bicyclic) bond motifs is 1. The monoisotopic (exact) mass is 797 g/mol. The molecule has 54 heavy (non-hydrogen) atoms. The molecule has 1 aliphatic rings. The van der Waals surface area contributed by atoms with Gasteiger partial charge in [0.05, 0.1) is 28.2 Å². The molecule has 0 aliphatic carbocycles. The van der Waals surface area contributed by atoms with E-state index in [1.165, 1.54) is 24.5 Å². The fourth-order valence-corrected chi connectivity index (χ4v) is 4.24. The predicted octanol–water partition coefficient (Wildman–Crippen LogP) is 7.23.